The van der Waals surface area contributed by atoms with Gasteiger partial charge in [0.05, 0.1) is 11.4 Å². The fraction of sp³-hybridized carbons (Fsp3) is 0.353. The molecule has 10 heteroatoms. The number of ether oxygens (including phenoxy) is 1. The molecular formula is C17H18N6O3S. The molecule has 1 unspecified atom stereocenters. The molecule has 1 atom stereocenters. The summed E-state index contributed by atoms with van der Waals surface area (Å²) in [6.45, 7) is 1.04. The average molecular weight is 386 g/mol. The van der Waals surface area contributed by atoms with Gasteiger partial charge in [-0.05, 0) is 17.7 Å². The molecule has 1 fully saturated rings. The van der Waals surface area contributed by atoms with Gasteiger partial charge in [-0.2, -0.15) is 5.10 Å². The molecule has 1 aliphatic rings. The van der Waals surface area contributed by atoms with Crippen LogP contribution in [0.1, 0.15) is 17.0 Å². The second-order valence-corrected chi connectivity index (χ2v) is 7.27. The zero-order chi connectivity index (χ0) is 18.8. The molecule has 1 N–H and O–H groups in total. The SMILES string of the molecule is COCc1nnc(N2CC(C(=O)NCc3cccn4nccc34)CC2=O)s1. The largest absolute Gasteiger partial charge is 0.377 e. The molecule has 0 bridgehead atoms. The third kappa shape index (κ3) is 3.53. The van der Waals surface area contributed by atoms with Crippen molar-refractivity contribution in [2.75, 3.05) is 18.6 Å². The van der Waals surface area contributed by atoms with Crippen LogP contribution >= 0.6 is 11.3 Å². The summed E-state index contributed by atoms with van der Waals surface area (Å²) in [6.07, 6.45) is 3.74. The van der Waals surface area contributed by atoms with Gasteiger partial charge in [-0.25, -0.2) is 4.52 Å². The van der Waals surface area contributed by atoms with Gasteiger partial charge in [-0.1, -0.05) is 17.4 Å². The number of nitrogens with zero attached hydrogens (tertiary/aromatic N) is 5. The zero-order valence-corrected chi connectivity index (χ0v) is 15.5. The van der Waals surface area contributed by atoms with Crippen LogP contribution in [-0.2, 0) is 27.5 Å². The fourth-order valence-corrected chi connectivity index (χ4v) is 3.93. The summed E-state index contributed by atoms with van der Waals surface area (Å²) in [6, 6.07) is 5.73. The second kappa shape index (κ2) is 7.41. The van der Waals surface area contributed by atoms with Crippen molar-refractivity contribution in [3.63, 3.8) is 0 Å². The molecule has 3 aromatic heterocycles. The molecule has 4 heterocycles. The number of aromatic nitrogens is 4. The van der Waals surface area contributed by atoms with Crippen molar-refractivity contribution in [1.82, 2.24) is 25.1 Å². The van der Waals surface area contributed by atoms with Crippen LogP contribution in [0.2, 0.25) is 0 Å². The van der Waals surface area contributed by atoms with E-state index in [1.165, 1.54) is 16.2 Å². The number of hydrogen-bond acceptors (Lipinski definition) is 7. The summed E-state index contributed by atoms with van der Waals surface area (Å²) in [5.41, 5.74) is 1.92. The Morgan fingerprint density at radius 2 is 2.30 bits per heavy atom. The maximum absolute atomic E-state index is 12.6. The first-order chi connectivity index (χ1) is 13.2. The van der Waals surface area contributed by atoms with Crippen LogP contribution in [0.3, 0.4) is 0 Å². The van der Waals surface area contributed by atoms with Crippen molar-refractivity contribution in [3.05, 3.63) is 41.2 Å². The summed E-state index contributed by atoms with van der Waals surface area (Å²) >= 11 is 1.30. The van der Waals surface area contributed by atoms with Gasteiger partial charge in [0.15, 0.2) is 0 Å². The highest BCUT2D eigenvalue weighted by Crippen LogP contribution is 2.28. The molecule has 0 aliphatic carbocycles. The first-order valence-corrected chi connectivity index (χ1v) is 9.28. The molecular weight excluding hydrogens is 368 g/mol. The van der Waals surface area contributed by atoms with Crippen molar-refractivity contribution in [2.24, 2.45) is 5.92 Å². The van der Waals surface area contributed by atoms with Crippen LogP contribution in [-0.4, -0.2) is 45.3 Å². The van der Waals surface area contributed by atoms with E-state index in [2.05, 4.69) is 20.6 Å². The van der Waals surface area contributed by atoms with Gasteiger partial charge < -0.3 is 10.1 Å². The second-order valence-electron chi connectivity index (χ2n) is 6.23. The minimum atomic E-state index is -0.406. The number of carbonyl (C=O) groups excluding carboxylic acids is 2. The number of nitrogens with one attached hydrogen (secondary N) is 1. The average Bonchev–Trinajstić information content (AvgIpc) is 3.39. The first kappa shape index (κ1) is 17.6. The number of hydrogen-bond donors (Lipinski definition) is 1. The molecule has 1 aliphatic heterocycles. The number of methoxy groups -OCH3 is 1. The van der Waals surface area contributed by atoms with E-state index in [1.807, 2.05) is 24.4 Å². The Kier molecular flexibility index (Phi) is 4.82. The number of fused-ring (bicyclic) bond motifs is 1. The third-order valence-corrected chi connectivity index (χ3v) is 5.35. The molecule has 2 amide bonds. The van der Waals surface area contributed by atoms with E-state index >= 15 is 0 Å². The van der Waals surface area contributed by atoms with E-state index in [9.17, 15) is 9.59 Å². The predicted molar refractivity (Wildman–Crippen MR) is 98.1 cm³/mol. The minimum Gasteiger partial charge on any atom is -0.377 e. The number of carbonyl (C=O) groups is 2. The first-order valence-electron chi connectivity index (χ1n) is 8.46. The monoisotopic (exact) mass is 386 g/mol. The van der Waals surface area contributed by atoms with Crippen LogP contribution in [0.4, 0.5) is 5.13 Å². The Bertz CT molecular complexity index is 984. The summed E-state index contributed by atoms with van der Waals surface area (Å²) < 4.78 is 6.78. The van der Waals surface area contributed by atoms with E-state index in [1.54, 1.807) is 17.8 Å². The molecule has 0 aromatic carbocycles. The van der Waals surface area contributed by atoms with Crippen LogP contribution in [0.5, 0.6) is 0 Å². The predicted octanol–water partition coefficient (Wildman–Crippen LogP) is 1.00. The molecule has 9 nitrogen and oxygen atoms in total. The van der Waals surface area contributed by atoms with E-state index < -0.39 is 5.92 Å². The van der Waals surface area contributed by atoms with Crippen molar-refractivity contribution < 1.29 is 14.3 Å². The Labute approximate surface area is 159 Å². The van der Waals surface area contributed by atoms with Gasteiger partial charge in [-0.3, -0.25) is 14.5 Å². The fourth-order valence-electron chi connectivity index (χ4n) is 3.09. The van der Waals surface area contributed by atoms with Crippen LogP contribution in [0, 0.1) is 5.92 Å². The number of pyridine rings is 1. The van der Waals surface area contributed by atoms with Crippen LogP contribution < -0.4 is 10.2 Å². The number of anilines is 1. The third-order valence-electron chi connectivity index (χ3n) is 4.43. The molecule has 4 rings (SSSR count). The van der Waals surface area contributed by atoms with E-state index in [-0.39, 0.29) is 18.2 Å². The Morgan fingerprint density at radius 1 is 1.41 bits per heavy atom. The lowest BCUT2D eigenvalue weighted by atomic mass is 10.1. The molecule has 0 spiro atoms. The van der Waals surface area contributed by atoms with E-state index in [0.29, 0.717) is 29.8 Å². The number of amides is 2. The van der Waals surface area contributed by atoms with Gasteiger partial charge in [0.1, 0.15) is 11.6 Å². The molecule has 27 heavy (non-hydrogen) atoms. The topological polar surface area (TPSA) is 102 Å². The van der Waals surface area contributed by atoms with Gasteiger partial charge in [0.25, 0.3) is 0 Å². The lowest BCUT2D eigenvalue weighted by Gasteiger charge is -2.13. The van der Waals surface area contributed by atoms with Crippen LogP contribution in [0.15, 0.2) is 30.6 Å². The van der Waals surface area contributed by atoms with Crippen molar-refractivity contribution in [2.45, 2.75) is 19.6 Å². The minimum absolute atomic E-state index is 0.117. The molecule has 0 radical (unpaired) electrons. The normalized spacial score (nSPS) is 17.0. The smallest absolute Gasteiger partial charge is 0.229 e. The van der Waals surface area contributed by atoms with Gasteiger partial charge in [-0.15, -0.1) is 10.2 Å². The summed E-state index contributed by atoms with van der Waals surface area (Å²) in [7, 11) is 1.58. The van der Waals surface area contributed by atoms with Crippen molar-refractivity contribution in [1.29, 1.82) is 0 Å². The lowest BCUT2D eigenvalue weighted by Crippen LogP contribution is -2.32. The lowest BCUT2D eigenvalue weighted by molar-refractivity contribution is -0.126. The maximum Gasteiger partial charge on any atom is 0.229 e. The van der Waals surface area contributed by atoms with Gasteiger partial charge in [0, 0.05) is 39.0 Å². The van der Waals surface area contributed by atoms with E-state index in [0.717, 1.165) is 11.1 Å². The van der Waals surface area contributed by atoms with Gasteiger partial charge in [0.2, 0.25) is 16.9 Å². The highest BCUT2D eigenvalue weighted by molar-refractivity contribution is 7.15. The molecule has 3 aromatic rings. The summed E-state index contributed by atoms with van der Waals surface area (Å²) in [4.78, 5) is 26.4. The zero-order valence-electron chi connectivity index (χ0n) is 14.7. The van der Waals surface area contributed by atoms with Crippen molar-refractivity contribution >= 4 is 33.8 Å². The standard InChI is InChI=1S/C17H18N6O3S/c1-26-10-14-20-21-17(27-14)22-9-12(7-15(22)24)16(25)18-8-11-3-2-6-23-13(11)4-5-19-23/h2-6,12H,7-10H2,1H3,(H,18,25). The highest BCUT2D eigenvalue weighted by atomic mass is 32.1. The van der Waals surface area contributed by atoms with Crippen LogP contribution in [0.25, 0.3) is 5.52 Å². The Hall–Kier alpha value is -2.85. The molecule has 1 saturated heterocycles. The Balaban J connectivity index is 1.39. The molecule has 0 saturated carbocycles. The number of rotatable bonds is 6. The Morgan fingerprint density at radius 3 is 3.15 bits per heavy atom. The van der Waals surface area contributed by atoms with Gasteiger partial charge >= 0.3 is 0 Å². The van der Waals surface area contributed by atoms with E-state index in [4.69, 9.17) is 4.74 Å². The summed E-state index contributed by atoms with van der Waals surface area (Å²) in [5.74, 6) is -0.668. The summed E-state index contributed by atoms with van der Waals surface area (Å²) in [5, 5.41) is 16.3. The maximum atomic E-state index is 12.6. The highest BCUT2D eigenvalue weighted by Gasteiger charge is 2.36. The molecule has 140 valence electrons. The van der Waals surface area contributed by atoms with Crippen molar-refractivity contribution in [3.8, 4) is 0 Å². The quantitative estimate of drug-likeness (QED) is 0.678.